The lowest BCUT2D eigenvalue weighted by molar-refractivity contribution is -0.120. The topological polar surface area (TPSA) is 93.3 Å². The van der Waals surface area contributed by atoms with E-state index in [2.05, 4.69) is 4.98 Å². The van der Waals surface area contributed by atoms with Crippen LogP contribution in [-0.4, -0.2) is 27.7 Å². The third-order valence-corrected chi connectivity index (χ3v) is 3.15. The van der Waals surface area contributed by atoms with Gasteiger partial charge >= 0.3 is 5.97 Å². The van der Waals surface area contributed by atoms with E-state index in [4.69, 9.17) is 10.8 Å². The van der Waals surface area contributed by atoms with Crippen LogP contribution in [0.15, 0.2) is 23.4 Å². The maximum absolute atomic E-state index is 10.8. The molecule has 0 spiro atoms. The van der Waals surface area contributed by atoms with Gasteiger partial charge in [-0.25, -0.2) is 9.78 Å². The van der Waals surface area contributed by atoms with Gasteiger partial charge in [-0.1, -0.05) is 6.92 Å². The monoisotopic (exact) mass is 240 g/mol. The second-order valence-electron chi connectivity index (χ2n) is 3.30. The second-order valence-corrected chi connectivity index (χ2v) is 4.34. The summed E-state index contributed by atoms with van der Waals surface area (Å²) in [5, 5.41) is 9.34. The summed E-state index contributed by atoms with van der Waals surface area (Å²) >= 11 is 1.37. The predicted molar refractivity (Wildman–Crippen MR) is 60.3 cm³/mol. The smallest absolute Gasteiger partial charge is 0.337 e. The number of nitrogens with zero attached hydrogens (tertiary/aromatic N) is 1. The number of carboxylic acid groups (broad SMARTS) is 1. The highest BCUT2D eigenvalue weighted by molar-refractivity contribution is 7.99. The molecular weight excluding hydrogens is 228 g/mol. The van der Waals surface area contributed by atoms with E-state index in [-0.39, 0.29) is 17.4 Å². The first-order valence-electron chi connectivity index (χ1n) is 4.62. The Hall–Kier alpha value is -1.56. The Kier molecular flexibility index (Phi) is 4.30. The van der Waals surface area contributed by atoms with Gasteiger partial charge in [-0.3, -0.25) is 4.79 Å². The predicted octanol–water partition coefficient (Wildman–Crippen LogP) is 0.993. The van der Waals surface area contributed by atoms with Crippen LogP contribution >= 0.6 is 11.8 Å². The second kappa shape index (κ2) is 5.50. The molecule has 16 heavy (non-hydrogen) atoms. The minimum Gasteiger partial charge on any atom is -0.478 e. The number of hydrogen-bond donors (Lipinski definition) is 2. The number of carbonyl (C=O) groups excluding carboxylic acids is 1. The number of carboxylic acids is 1. The Labute approximate surface area is 97.1 Å². The molecule has 0 saturated carbocycles. The van der Waals surface area contributed by atoms with Crippen molar-refractivity contribution in [1.29, 1.82) is 0 Å². The number of aromatic carboxylic acids is 1. The molecule has 0 bridgehead atoms. The van der Waals surface area contributed by atoms with Gasteiger partial charge in [0.1, 0.15) is 0 Å². The molecule has 1 amide bonds. The molecule has 1 aromatic rings. The first kappa shape index (κ1) is 12.5. The van der Waals surface area contributed by atoms with Gasteiger partial charge in [0, 0.05) is 17.9 Å². The van der Waals surface area contributed by atoms with E-state index in [0.29, 0.717) is 10.8 Å². The molecule has 0 fully saturated rings. The molecule has 0 radical (unpaired) electrons. The molecule has 0 aliphatic heterocycles. The van der Waals surface area contributed by atoms with Crippen LogP contribution in [0.1, 0.15) is 17.3 Å². The third-order valence-electron chi connectivity index (χ3n) is 1.95. The van der Waals surface area contributed by atoms with Gasteiger partial charge in [0.05, 0.1) is 10.6 Å². The SMILES string of the molecule is CC(CSc1ccc(C(=O)O)cn1)C(N)=O. The molecular formula is C10H12N2O3S. The number of pyridine rings is 1. The van der Waals surface area contributed by atoms with Crippen LogP contribution in [0.3, 0.4) is 0 Å². The number of nitrogens with two attached hydrogens (primary N) is 1. The van der Waals surface area contributed by atoms with Crippen LogP contribution in [0.2, 0.25) is 0 Å². The van der Waals surface area contributed by atoms with Crippen molar-refractivity contribution in [2.45, 2.75) is 11.9 Å². The van der Waals surface area contributed by atoms with E-state index in [1.54, 1.807) is 13.0 Å². The molecule has 1 aromatic heterocycles. The van der Waals surface area contributed by atoms with Crippen LogP contribution < -0.4 is 5.73 Å². The van der Waals surface area contributed by atoms with Crippen molar-refractivity contribution < 1.29 is 14.7 Å². The number of rotatable bonds is 5. The molecule has 1 unspecified atom stereocenters. The Morgan fingerprint density at radius 1 is 1.56 bits per heavy atom. The van der Waals surface area contributed by atoms with Crippen LogP contribution in [-0.2, 0) is 4.79 Å². The maximum atomic E-state index is 10.8. The van der Waals surface area contributed by atoms with E-state index < -0.39 is 5.97 Å². The van der Waals surface area contributed by atoms with E-state index in [1.807, 2.05) is 0 Å². The van der Waals surface area contributed by atoms with Crippen molar-refractivity contribution in [1.82, 2.24) is 4.98 Å². The lowest BCUT2D eigenvalue weighted by Crippen LogP contribution is -2.22. The Bertz CT molecular complexity index is 392. The van der Waals surface area contributed by atoms with Crippen LogP contribution in [0.25, 0.3) is 0 Å². The van der Waals surface area contributed by atoms with Crippen molar-refractivity contribution >= 4 is 23.6 Å². The molecule has 0 aromatic carbocycles. The van der Waals surface area contributed by atoms with Crippen molar-refractivity contribution in [3.63, 3.8) is 0 Å². The largest absolute Gasteiger partial charge is 0.478 e. The van der Waals surface area contributed by atoms with Gasteiger partial charge in [0.25, 0.3) is 0 Å². The van der Waals surface area contributed by atoms with Gasteiger partial charge in [0.2, 0.25) is 5.91 Å². The van der Waals surface area contributed by atoms with Gasteiger partial charge in [-0.05, 0) is 12.1 Å². The molecule has 0 saturated heterocycles. The summed E-state index contributed by atoms with van der Waals surface area (Å²) in [6, 6.07) is 3.09. The van der Waals surface area contributed by atoms with E-state index in [0.717, 1.165) is 0 Å². The summed E-state index contributed by atoms with van der Waals surface area (Å²) < 4.78 is 0. The highest BCUT2D eigenvalue weighted by atomic mass is 32.2. The van der Waals surface area contributed by atoms with Gasteiger partial charge in [0.15, 0.2) is 0 Å². The van der Waals surface area contributed by atoms with Crippen LogP contribution in [0.5, 0.6) is 0 Å². The average Bonchev–Trinajstić information content (AvgIpc) is 2.26. The summed E-state index contributed by atoms with van der Waals surface area (Å²) in [5.41, 5.74) is 5.26. The standard InChI is InChI=1S/C10H12N2O3S/c1-6(9(11)13)5-16-8-3-2-7(4-12-8)10(14)15/h2-4,6H,5H2,1H3,(H2,11,13)(H,14,15). The minimum atomic E-state index is -1.01. The number of thioether (sulfide) groups is 1. The Balaban J connectivity index is 2.56. The van der Waals surface area contributed by atoms with Crippen molar-refractivity contribution in [2.24, 2.45) is 11.7 Å². The Morgan fingerprint density at radius 2 is 2.25 bits per heavy atom. The van der Waals surface area contributed by atoms with Crippen molar-refractivity contribution in [3.8, 4) is 0 Å². The first-order chi connectivity index (χ1) is 7.50. The molecule has 1 heterocycles. The number of carbonyl (C=O) groups is 2. The third kappa shape index (κ3) is 3.54. The highest BCUT2D eigenvalue weighted by Gasteiger charge is 2.10. The normalized spacial score (nSPS) is 12.1. The summed E-state index contributed by atoms with van der Waals surface area (Å²) in [4.78, 5) is 25.3. The summed E-state index contributed by atoms with van der Waals surface area (Å²) in [6.45, 7) is 1.74. The molecule has 5 nitrogen and oxygen atoms in total. The summed E-state index contributed by atoms with van der Waals surface area (Å²) in [5.74, 6) is -1.05. The number of amides is 1. The molecule has 1 rings (SSSR count). The van der Waals surface area contributed by atoms with Crippen LogP contribution in [0, 0.1) is 5.92 Å². The molecule has 0 aliphatic carbocycles. The quantitative estimate of drug-likeness (QED) is 0.749. The number of hydrogen-bond acceptors (Lipinski definition) is 4. The fourth-order valence-electron chi connectivity index (χ4n) is 0.885. The fraction of sp³-hybridized carbons (Fsp3) is 0.300. The molecule has 0 aliphatic rings. The van der Waals surface area contributed by atoms with Crippen LogP contribution in [0.4, 0.5) is 0 Å². The van der Waals surface area contributed by atoms with Crippen molar-refractivity contribution in [2.75, 3.05) is 5.75 Å². The molecule has 3 N–H and O–H groups in total. The summed E-state index contributed by atoms with van der Waals surface area (Å²) in [6.07, 6.45) is 1.29. The Morgan fingerprint density at radius 3 is 2.69 bits per heavy atom. The maximum Gasteiger partial charge on any atom is 0.337 e. The van der Waals surface area contributed by atoms with Gasteiger partial charge in [-0.2, -0.15) is 0 Å². The lowest BCUT2D eigenvalue weighted by Gasteiger charge is -2.05. The number of primary amides is 1. The lowest BCUT2D eigenvalue weighted by atomic mass is 10.2. The molecule has 1 atom stereocenters. The highest BCUT2D eigenvalue weighted by Crippen LogP contribution is 2.18. The van der Waals surface area contributed by atoms with E-state index in [1.165, 1.54) is 24.0 Å². The van der Waals surface area contributed by atoms with E-state index in [9.17, 15) is 9.59 Å². The molecule has 6 heteroatoms. The van der Waals surface area contributed by atoms with E-state index >= 15 is 0 Å². The van der Waals surface area contributed by atoms with Gasteiger partial charge < -0.3 is 10.8 Å². The zero-order valence-electron chi connectivity index (χ0n) is 8.71. The minimum absolute atomic E-state index is 0.146. The summed E-state index contributed by atoms with van der Waals surface area (Å²) in [7, 11) is 0. The average molecular weight is 240 g/mol. The fourth-order valence-corrected chi connectivity index (χ4v) is 1.76. The van der Waals surface area contributed by atoms with Crippen molar-refractivity contribution in [3.05, 3.63) is 23.9 Å². The number of aromatic nitrogens is 1. The molecule has 86 valence electrons. The zero-order chi connectivity index (χ0) is 12.1. The zero-order valence-corrected chi connectivity index (χ0v) is 9.53. The van der Waals surface area contributed by atoms with Gasteiger partial charge in [-0.15, -0.1) is 11.8 Å². The first-order valence-corrected chi connectivity index (χ1v) is 5.60.